The van der Waals surface area contributed by atoms with Gasteiger partial charge in [0.1, 0.15) is 11.6 Å². The van der Waals surface area contributed by atoms with E-state index >= 15 is 0 Å². The number of rotatable bonds is 2. The molecule has 0 saturated heterocycles. The van der Waals surface area contributed by atoms with Crippen LogP contribution in [0.1, 0.15) is 12.5 Å². The second kappa shape index (κ2) is 5.32. The minimum Gasteiger partial charge on any atom is -0.339 e. The fourth-order valence-corrected chi connectivity index (χ4v) is 4.11. The molecule has 0 spiro atoms. The van der Waals surface area contributed by atoms with Crippen LogP contribution >= 0.6 is 0 Å². The van der Waals surface area contributed by atoms with E-state index in [2.05, 4.69) is 15.3 Å². The molecule has 8 heteroatoms. The van der Waals surface area contributed by atoms with Crippen molar-refractivity contribution in [3.05, 3.63) is 58.8 Å². The molecule has 4 rings (SSSR count). The summed E-state index contributed by atoms with van der Waals surface area (Å²) < 4.78 is 51.4. The predicted octanol–water partition coefficient (Wildman–Crippen LogP) is 3.80. The van der Waals surface area contributed by atoms with Crippen molar-refractivity contribution in [3.63, 3.8) is 0 Å². The molecule has 3 heterocycles. The zero-order valence-corrected chi connectivity index (χ0v) is 13.7. The summed E-state index contributed by atoms with van der Waals surface area (Å²) >= 11 is 0. The number of fused-ring (bicyclic) bond motifs is 2. The van der Waals surface area contributed by atoms with Crippen LogP contribution in [0.15, 0.2) is 46.3 Å². The predicted molar refractivity (Wildman–Crippen MR) is 90.0 cm³/mol. The Kier molecular flexibility index (Phi) is 3.33. The van der Waals surface area contributed by atoms with Gasteiger partial charge in [0.15, 0.2) is 0 Å². The normalized spacial score (nSPS) is 15.1. The Hall–Kier alpha value is -2.87. The van der Waals surface area contributed by atoms with Gasteiger partial charge in [-0.2, -0.15) is 4.39 Å². The SMILES string of the molecule is CC1=Cc2cc3nccc(Nc4cc(F)cc(F)n4)c3cc2S1(=O)=O. The highest BCUT2D eigenvalue weighted by Gasteiger charge is 2.27. The molecule has 1 N–H and O–H groups in total. The Balaban J connectivity index is 1.88. The van der Waals surface area contributed by atoms with Gasteiger partial charge in [-0.05, 0) is 36.8 Å². The first-order valence-corrected chi connectivity index (χ1v) is 8.79. The van der Waals surface area contributed by atoms with E-state index < -0.39 is 21.6 Å². The highest BCUT2D eigenvalue weighted by atomic mass is 32.2. The first kappa shape index (κ1) is 15.6. The standard InChI is InChI=1S/C17H11F2N3O2S/c1-9-4-10-5-14-12(8-15(10)25(9,23)24)13(2-3-20-14)21-17-7-11(18)6-16(19)22-17/h2-8H,1H3,(H,20,21,22). The lowest BCUT2D eigenvalue weighted by molar-refractivity contribution is 0.554. The smallest absolute Gasteiger partial charge is 0.217 e. The summed E-state index contributed by atoms with van der Waals surface area (Å²) in [6.07, 6.45) is 3.11. The number of nitrogens with one attached hydrogen (secondary N) is 1. The average Bonchev–Trinajstić information content (AvgIpc) is 2.74. The number of aromatic nitrogens is 2. The van der Waals surface area contributed by atoms with E-state index in [1.807, 2.05) is 0 Å². The van der Waals surface area contributed by atoms with Crippen molar-refractivity contribution in [2.45, 2.75) is 11.8 Å². The fourth-order valence-electron chi connectivity index (χ4n) is 2.78. The van der Waals surface area contributed by atoms with Crippen LogP contribution in [-0.2, 0) is 9.84 Å². The Bertz CT molecular complexity index is 1150. The molecule has 0 unspecified atom stereocenters. The van der Waals surface area contributed by atoms with Gasteiger partial charge in [-0.15, -0.1) is 0 Å². The van der Waals surface area contributed by atoms with Crippen LogP contribution in [-0.4, -0.2) is 18.4 Å². The molecular weight excluding hydrogens is 348 g/mol. The van der Waals surface area contributed by atoms with Crippen LogP contribution in [0.2, 0.25) is 0 Å². The zero-order valence-electron chi connectivity index (χ0n) is 12.9. The van der Waals surface area contributed by atoms with E-state index in [1.54, 1.807) is 18.2 Å². The molecule has 1 aliphatic heterocycles. The van der Waals surface area contributed by atoms with E-state index in [1.165, 1.54) is 19.2 Å². The van der Waals surface area contributed by atoms with E-state index in [-0.39, 0.29) is 15.6 Å². The fraction of sp³-hybridized carbons (Fsp3) is 0.0588. The van der Waals surface area contributed by atoms with E-state index in [0.29, 0.717) is 28.2 Å². The van der Waals surface area contributed by atoms with Gasteiger partial charge in [0.2, 0.25) is 15.8 Å². The number of pyridine rings is 2. The van der Waals surface area contributed by atoms with Crippen molar-refractivity contribution >= 4 is 38.3 Å². The number of anilines is 2. The van der Waals surface area contributed by atoms with E-state index in [4.69, 9.17) is 0 Å². The van der Waals surface area contributed by atoms with Crippen LogP contribution in [0.3, 0.4) is 0 Å². The maximum atomic E-state index is 13.4. The van der Waals surface area contributed by atoms with Crippen molar-refractivity contribution in [1.29, 1.82) is 0 Å². The molecule has 5 nitrogen and oxygen atoms in total. The van der Waals surface area contributed by atoms with Crippen LogP contribution < -0.4 is 5.32 Å². The third-order valence-corrected chi connectivity index (χ3v) is 5.87. The van der Waals surface area contributed by atoms with Gasteiger partial charge in [0, 0.05) is 28.6 Å². The number of hydrogen-bond donors (Lipinski definition) is 1. The summed E-state index contributed by atoms with van der Waals surface area (Å²) in [6.45, 7) is 1.53. The molecule has 0 fully saturated rings. The number of nitrogens with zero attached hydrogens (tertiary/aromatic N) is 2. The van der Waals surface area contributed by atoms with E-state index in [9.17, 15) is 17.2 Å². The molecule has 0 amide bonds. The van der Waals surface area contributed by atoms with Crippen molar-refractivity contribution in [3.8, 4) is 0 Å². The Labute approximate surface area is 142 Å². The summed E-state index contributed by atoms with van der Waals surface area (Å²) in [5.74, 6) is -1.75. The molecule has 0 radical (unpaired) electrons. The summed E-state index contributed by atoms with van der Waals surface area (Å²) in [6, 6.07) is 6.48. The second-order valence-electron chi connectivity index (χ2n) is 5.64. The number of sulfone groups is 1. The maximum absolute atomic E-state index is 13.4. The van der Waals surface area contributed by atoms with Gasteiger partial charge in [-0.1, -0.05) is 0 Å². The molecule has 126 valence electrons. The van der Waals surface area contributed by atoms with Crippen LogP contribution in [0, 0.1) is 11.8 Å². The minimum absolute atomic E-state index is 0.0253. The van der Waals surface area contributed by atoms with Gasteiger partial charge >= 0.3 is 0 Å². The molecule has 0 atom stereocenters. The van der Waals surface area contributed by atoms with Crippen molar-refractivity contribution in [2.24, 2.45) is 0 Å². The number of halogens is 2. The van der Waals surface area contributed by atoms with Crippen molar-refractivity contribution < 1.29 is 17.2 Å². The third kappa shape index (κ3) is 2.54. The monoisotopic (exact) mass is 359 g/mol. The first-order chi connectivity index (χ1) is 11.8. The lowest BCUT2D eigenvalue weighted by atomic mass is 10.1. The molecule has 3 aromatic rings. The topological polar surface area (TPSA) is 72.0 Å². The molecule has 0 bridgehead atoms. The van der Waals surface area contributed by atoms with Gasteiger partial charge < -0.3 is 5.32 Å². The summed E-state index contributed by atoms with van der Waals surface area (Å²) in [4.78, 5) is 8.27. The molecule has 1 aliphatic rings. The quantitative estimate of drug-likeness (QED) is 0.705. The Morgan fingerprint density at radius 2 is 1.92 bits per heavy atom. The number of allylic oxidation sites excluding steroid dienone is 1. The van der Waals surface area contributed by atoms with Crippen LogP contribution in [0.25, 0.3) is 17.0 Å². The van der Waals surface area contributed by atoms with Gasteiger partial charge in [0.25, 0.3) is 0 Å². The lowest BCUT2D eigenvalue weighted by Crippen LogP contribution is -2.00. The number of hydrogen-bond acceptors (Lipinski definition) is 5. The van der Waals surface area contributed by atoms with Gasteiger partial charge in [-0.25, -0.2) is 17.8 Å². The maximum Gasteiger partial charge on any atom is 0.217 e. The van der Waals surface area contributed by atoms with Gasteiger partial charge in [-0.3, -0.25) is 4.98 Å². The molecular formula is C17H11F2N3O2S. The third-order valence-electron chi connectivity index (χ3n) is 3.97. The lowest BCUT2D eigenvalue weighted by Gasteiger charge is -2.10. The molecule has 1 aromatic carbocycles. The molecule has 2 aromatic heterocycles. The summed E-state index contributed by atoms with van der Waals surface area (Å²) in [5.41, 5.74) is 1.58. The first-order valence-electron chi connectivity index (χ1n) is 7.31. The average molecular weight is 359 g/mol. The molecule has 25 heavy (non-hydrogen) atoms. The Morgan fingerprint density at radius 1 is 1.12 bits per heavy atom. The summed E-state index contributed by atoms with van der Waals surface area (Å²) in [7, 11) is -3.51. The highest BCUT2D eigenvalue weighted by Crippen LogP contribution is 2.37. The van der Waals surface area contributed by atoms with Crippen LogP contribution in [0.5, 0.6) is 0 Å². The van der Waals surface area contributed by atoms with E-state index in [0.717, 1.165) is 6.07 Å². The Morgan fingerprint density at radius 3 is 2.68 bits per heavy atom. The number of benzene rings is 1. The van der Waals surface area contributed by atoms with Crippen LogP contribution in [0.4, 0.5) is 20.3 Å². The zero-order chi connectivity index (χ0) is 17.8. The highest BCUT2D eigenvalue weighted by molar-refractivity contribution is 7.95. The van der Waals surface area contributed by atoms with Gasteiger partial charge in [0.05, 0.1) is 16.1 Å². The van der Waals surface area contributed by atoms with Crippen molar-refractivity contribution in [1.82, 2.24) is 9.97 Å². The largest absolute Gasteiger partial charge is 0.339 e. The summed E-state index contributed by atoms with van der Waals surface area (Å²) in [5, 5.41) is 3.33. The second-order valence-corrected chi connectivity index (χ2v) is 7.73. The minimum atomic E-state index is -3.51. The van der Waals surface area contributed by atoms with Crippen molar-refractivity contribution in [2.75, 3.05) is 5.32 Å². The molecule has 0 aliphatic carbocycles. The molecule has 0 saturated carbocycles.